The van der Waals surface area contributed by atoms with Crippen LogP contribution < -0.4 is 0 Å². The van der Waals surface area contributed by atoms with Crippen molar-refractivity contribution in [3.8, 4) is 0 Å². The molecule has 3 rings (SSSR count). The lowest BCUT2D eigenvalue weighted by atomic mass is 10.00. The molecule has 2 aliphatic rings. The van der Waals surface area contributed by atoms with Gasteiger partial charge in [0.05, 0.1) is 12.1 Å². The number of β-amino-alcohol motifs (C(OH)–C–C–N with tert-alkyl or cyclic N) is 1. The summed E-state index contributed by atoms with van der Waals surface area (Å²) in [5, 5.41) is 15.0. The third kappa shape index (κ3) is 4.00. The average molecular weight is 356 g/mol. The van der Waals surface area contributed by atoms with Crippen molar-refractivity contribution in [2.45, 2.75) is 50.7 Å². The van der Waals surface area contributed by atoms with Crippen LogP contribution in [-0.2, 0) is 0 Å². The summed E-state index contributed by atoms with van der Waals surface area (Å²) >= 11 is 0. The fourth-order valence-corrected chi connectivity index (χ4v) is 3.67. The number of halogens is 2. The summed E-state index contributed by atoms with van der Waals surface area (Å²) in [6.07, 6.45) is 1.73. The zero-order valence-corrected chi connectivity index (χ0v) is 14.8. The summed E-state index contributed by atoms with van der Waals surface area (Å²) in [6.45, 7) is 5.49. The maximum atomic E-state index is 13.3. The lowest BCUT2D eigenvalue weighted by Gasteiger charge is -2.36. The third-order valence-corrected chi connectivity index (χ3v) is 5.10. The minimum absolute atomic E-state index is 0.0745. The molecule has 1 atom stereocenters. The highest BCUT2D eigenvalue weighted by atomic mass is 19.3. The van der Waals surface area contributed by atoms with Crippen molar-refractivity contribution in [2.75, 3.05) is 32.7 Å². The van der Waals surface area contributed by atoms with Crippen LogP contribution in [-0.4, -0.2) is 74.8 Å². The minimum Gasteiger partial charge on any atom is -0.387 e. The molecule has 2 aliphatic heterocycles. The Morgan fingerprint density at radius 3 is 2.60 bits per heavy atom. The van der Waals surface area contributed by atoms with Crippen LogP contribution in [0, 0.1) is 0 Å². The van der Waals surface area contributed by atoms with Gasteiger partial charge in [-0.15, -0.1) is 0 Å². The zero-order chi connectivity index (χ0) is 18.2. The smallest absolute Gasteiger partial charge is 0.272 e. The highest BCUT2D eigenvalue weighted by Gasteiger charge is 2.42. The molecule has 6 nitrogen and oxygen atoms in total. The van der Waals surface area contributed by atoms with Gasteiger partial charge in [-0.3, -0.25) is 14.4 Å². The Morgan fingerprint density at radius 1 is 1.28 bits per heavy atom. The highest BCUT2D eigenvalue weighted by molar-refractivity contribution is 5.92. The molecule has 0 spiro atoms. The van der Waals surface area contributed by atoms with Crippen LogP contribution in [0.2, 0.25) is 0 Å². The second-order valence-corrected chi connectivity index (χ2v) is 7.59. The van der Waals surface area contributed by atoms with Crippen molar-refractivity contribution < 1.29 is 18.7 Å². The first kappa shape index (κ1) is 18.3. The predicted molar refractivity (Wildman–Crippen MR) is 88.7 cm³/mol. The first-order valence-corrected chi connectivity index (χ1v) is 8.84. The summed E-state index contributed by atoms with van der Waals surface area (Å²) in [5.74, 6) is -2.74. The maximum Gasteiger partial charge on any atom is 0.272 e. The molecule has 2 saturated heterocycles. The lowest BCUT2D eigenvalue weighted by Crippen LogP contribution is -2.49. The summed E-state index contributed by atoms with van der Waals surface area (Å²) in [6, 6.07) is 1.76. The molecule has 1 N–H and O–H groups in total. The molecule has 25 heavy (non-hydrogen) atoms. The van der Waals surface area contributed by atoms with Gasteiger partial charge in [0, 0.05) is 51.3 Å². The number of hydrogen-bond acceptors (Lipinski definition) is 4. The molecule has 3 heterocycles. The van der Waals surface area contributed by atoms with Gasteiger partial charge in [0.1, 0.15) is 5.69 Å². The molecule has 1 amide bonds. The van der Waals surface area contributed by atoms with E-state index >= 15 is 0 Å². The number of rotatable bonds is 4. The van der Waals surface area contributed by atoms with Crippen LogP contribution in [0.1, 0.15) is 49.6 Å². The number of nitrogens with zero attached hydrogens (tertiary/aromatic N) is 4. The van der Waals surface area contributed by atoms with Crippen LogP contribution in [0.25, 0.3) is 0 Å². The Hall–Kier alpha value is -1.54. The first-order chi connectivity index (χ1) is 11.7. The van der Waals surface area contributed by atoms with Gasteiger partial charge in [0.15, 0.2) is 0 Å². The van der Waals surface area contributed by atoms with Gasteiger partial charge in [-0.25, -0.2) is 8.78 Å². The normalized spacial score (nSPS) is 27.2. The number of alkyl halides is 2. The molecule has 140 valence electrons. The molecule has 1 aromatic rings. The molecule has 1 aromatic heterocycles. The zero-order valence-electron chi connectivity index (χ0n) is 14.8. The fourth-order valence-electron chi connectivity index (χ4n) is 3.67. The molecular formula is C17H26F2N4O2. The Balaban J connectivity index is 1.60. The molecule has 2 fully saturated rings. The van der Waals surface area contributed by atoms with E-state index < -0.39 is 11.5 Å². The summed E-state index contributed by atoms with van der Waals surface area (Å²) in [7, 11) is 0. The number of carbonyl (C=O) groups is 1. The van der Waals surface area contributed by atoms with Gasteiger partial charge in [0.25, 0.3) is 11.8 Å². The quantitative estimate of drug-likeness (QED) is 0.893. The lowest BCUT2D eigenvalue weighted by molar-refractivity contribution is -0.0720. The fraction of sp³-hybridized carbons (Fsp3) is 0.765. The van der Waals surface area contributed by atoms with Crippen molar-refractivity contribution in [2.24, 2.45) is 0 Å². The topological polar surface area (TPSA) is 61.6 Å². The molecule has 0 saturated carbocycles. The molecule has 0 aromatic carbocycles. The summed E-state index contributed by atoms with van der Waals surface area (Å²) < 4.78 is 28.2. The van der Waals surface area contributed by atoms with Gasteiger partial charge in [-0.05, 0) is 26.3 Å². The van der Waals surface area contributed by atoms with Crippen LogP contribution in [0.15, 0.2) is 12.3 Å². The van der Waals surface area contributed by atoms with Crippen LogP contribution >= 0.6 is 0 Å². The van der Waals surface area contributed by atoms with Crippen LogP contribution in [0.3, 0.4) is 0 Å². The number of amides is 1. The molecule has 0 unspecified atom stereocenters. The minimum atomic E-state index is -2.59. The van der Waals surface area contributed by atoms with E-state index in [2.05, 4.69) is 5.10 Å². The van der Waals surface area contributed by atoms with Crippen molar-refractivity contribution >= 4 is 5.91 Å². The Kier molecular flexibility index (Phi) is 4.85. The second kappa shape index (κ2) is 6.64. The maximum absolute atomic E-state index is 13.3. The number of aromatic nitrogens is 2. The van der Waals surface area contributed by atoms with Crippen molar-refractivity contribution in [3.05, 3.63) is 18.0 Å². The molecule has 8 heteroatoms. The van der Waals surface area contributed by atoms with Gasteiger partial charge in [0.2, 0.25) is 0 Å². The van der Waals surface area contributed by atoms with Gasteiger partial charge < -0.3 is 10.0 Å². The largest absolute Gasteiger partial charge is 0.387 e. The van der Waals surface area contributed by atoms with E-state index in [0.29, 0.717) is 25.2 Å². The Morgan fingerprint density at radius 2 is 1.96 bits per heavy atom. The number of hydrogen-bond donors (Lipinski definition) is 1. The molecular weight excluding hydrogens is 330 g/mol. The van der Waals surface area contributed by atoms with Gasteiger partial charge in [-0.1, -0.05) is 0 Å². The van der Waals surface area contributed by atoms with Crippen molar-refractivity contribution in [1.82, 2.24) is 19.6 Å². The van der Waals surface area contributed by atoms with Gasteiger partial charge in [-0.2, -0.15) is 5.10 Å². The first-order valence-electron chi connectivity index (χ1n) is 8.84. The van der Waals surface area contributed by atoms with E-state index in [1.54, 1.807) is 21.8 Å². The molecule has 0 bridgehead atoms. The van der Waals surface area contributed by atoms with E-state index in [1.165, 1.54) is 0 Å². The number of carbonyl (C=O) groups excluding carboxylic acids is 1. The number of likely N-dealkylation sites (tertiary alicyclic amines) is 2. The molecule has 0 aliphatic carbocycles. The van der Waals surface area contributed by atoms with Crippen LogP contribution in [0.5, 0.6) is 0 Å². The SMILES string of the molecule is CC(C)n1nccc1C(=O)N1CC[C@](O)(CN2CCC(F)(F)CC2)C1. The monoisotopic (exact) mass is 356 g/mol. The van der Waals surface area contributed by atoms with E-state index in [0.717, 1.165) is 0 Å². The average Bonchev–Trinajstić information content (AvgIpc) is 3.16. The summed E-state index contributed by atoms with van der Waals surface area (Å²) in [5.41, 5.74) is -0.526. The van der Waals surface area contributed by atoms with E-state index in [-0.39, 0.29) is 44.4 Å². The standard InChI is InChI=1S/C17H26F2N4O2/c1-13(2)23-14(3-7-20-23)15(24)22-10-4-16(25,12-22)11-21-8-5-17(18,19)6-9-21/h3,7,13,25H,4-6,8-12H2,1-2H3/t16-/m0/s1. The van der Waals surface area contributed by atoms with E-state index in [4.69, 9.17) is 0 Å². The number of piperidine rings is 1. The van der Waals surface area contributed by atoms with E-state index in [1.807, 2.05) is 18.7 Å². The van der Waals surface area contributed by atoms with Gasteiger partial charge >= 0.3 is 0 Å². The highest BCUT2D eigenvalue weighted by Crippen LogP contribution is 2.30. The van der Waals surface area contributed by atoms with Crippen LogP contribution in [0.4, 0.5) is 8.78 Å². The summed E-state index contributed by atoms with van der Waals surface area (Å²) in [4.78, 5) is 16.3. The number of aliphatic hydroxyl groups is 1. The predicted octanol–water partition coefficient (Wildman–Crippen LogP) is 1.77. The Labute approximate surface area is 146 Å². The van der Waals surface area contributed by atoms with Crippen molar-refractivity contribution in [1.29, 1.82) is 0 Å². The van der Waals surface area contributed by atoms with Crippen molar-refractivity contribution in [3.63, 3.8) is 0 Å². The molecule has 0 radical (unpaired) electrons. The third-order valence-electron chi connectivity index (χ3n) is 5.10. The second-order valence-electron chi connectivity index (χ2n) is 7.59. The Bertz CT molecular complexity index is 624. The van der Waals surface area contributed by atoms with E-state index in [9.17, 15) is 18.7 Å².